The van der Waals surface area contributed by atoms with Crippen LogP contribution in [0.15, 0.2) is 46.8 Å². The normalized spacial score (nSPS) is 20.4. The zero-order valence-electron chi connectivity index (χ0n) is 25.4. The van der Waals surface area contributed by atoms with Gasteiger partial charge in [-0.2, -0.15) is 0 Å². The molecule has 0 unspecified atom stereocenters. The zero-order valence-corrected chi connectivity index (χ0v) is 26.2. The number of allylic oxidation sites excluding steroid dienone is 2. The van der Waals surface area contributed by atoms with Crippen molar-refractivity contribution in [2.75, 3.05) is 70.3 Å². The first-order valence-electron chi connectivity index (χ1n) is 14.7. The molecule has 0 aliphatic carbocycles. The van der Waals surface area contributed by atoms with Crippen molar-refractivity contribution in [2.45, 2.75) is 45.1 Å². The molecule has 0 spiro atoms. The fraction of sp³-hybridized carbons (Fsp3) is 0.567. The molecule has 0 bridgehead atoms. The third-order valence-corrected chi connectivity index (χ3v) is 10.0. The van der Waals surface area contributed by atoms with Crippen LogP contribution in [0.3, 0.4) is 0 Å². The Bertz CT molecular complexity index is 1330. The lowest BCUT2D eigenvalue weighted by Gasteiger charge is -2.40. The number of ether oxygens (including phenoxy) is 2. The highest BCUT2D eigenvalue weighted by Gasteiger charge is 2.37. The van der Waals surface area contributed by atoms with E-state index in [9.17, 15) is 22.8 Å². The van der Waals surface area contributed by atoms with E-state index in [1.54, 1.807) is 38.1 Å². The van der Waals surface area contributed by atoms with Gasteiger partial charge in [0.1, 0.15) is 0 Å². The van der Waals surface area contributed by atoms with Gasteiger partial charge in [-0.1, -0.05) is 12.1 Å². The number of dihydropyridines is 1. The van der Waals surface area contributed by atoms with E-state index in [1.165, 1.54) is 14.2 Å². The van der Waals surface area contributed by atoms with Crippen molar-refractivity contribution in [1.29, 1.82) is 0 Å². The molecule has 0 atom stereocenters. The number of urea groups is 1. The Hall–Kier alpha value is -3.42. The van der Waals surface area contributed by atoms with Crippen molar-refractivity contribution in [2.24, 2.45) is 0 Å². The van der Waals surface area contributed by atoms with E-state index in [2.05, 4.69) is 25.8 Å². The molecule has 3 aliphatic heterocycles. The van der Waals surface area contributed by atoms with Crippen LogP contribution in [-0.2, 0) is 28.9 Å². The lowest BCUT2D eigenvalue weighted by molar-refractivity contribution is -0.137. The minimum Gasteiger partial charge on any atom is -0.466 e. The first-order chi connectivity index (χ1) is 20.5. The molecule has 0 aromatic heterocycles. The van der Waals surface area contributed by atoms with Gasteiger partial charge in [-0.3, -0.25) is 4.90 Å². The van der Waals surface area contributed by atoms with Gasteiger partial charge in [-0.05, 0) is 70.4 Å². The van der Waals surface area contributed by atoms with E-state index in [0.717, 1.165) is 38.9 Å². The lowest BCUT2D eigenvalue weighted by Crippen LogP contribution is -2.50. The molecular formula is C30H43N5O7S. The molecule has 2 amide bonds. The number of hydrogen-bond acceptors (Lipinski definition) is 10. The van der Waals surface area contributed by atoms with Gasteiger partial charge in [0, 0.05) is 42.8 Å². The lowest BCUT2D eigenvalue weighted by atomic mass is 9.80. The Balaban J connectivity index is 1.29. The number of esters is 2. The molecule has 0 saturated carbocycles. The Labute approximate surface area is 253 Å². The molecule has 1 aromatic rings. The van der Waals surface area contributed by atoms with Crippen molar-refractivity contribution in [3.8, 4) is 0 Å². The summed E-state index contributed by atoms with van der Waals surface area (Å²) in [5.41, 5.74) is 2.89. The number of hydrogen-bond donors (Lipinski definition) is 3. The second-order valence-electron chi connectivity index (χ2n) is 11.2. The number of sulfone groups is 1. The molecule has 2 fully saturated rings. The molecule has 2 saturated heterocycles. The highest BCUT2D eigenvalue weighted by atomic mass is 32.2. The number of benzene rings is 1. The van der Waals surface area contributed by atoms with E-state index in [4.69, 9.17) is 9.47 Å². The maximum absolute atomic E-state index is 12.8. The monoisotopic (exact) mass is 617 g/mol. The van der Waals surface area contributed by atoms with Gasteiger partial charge in [0.2, 0.25) is 0 Å². The van der Waals surface area contributed by atoms with E-state index in [0.29, 0.717) is 59.5 Å². The first kappa shape index (κ1) is 32.5. The quantitative estimate of drug-likeness (QED) is 0.278. The van der Waals surface area contributed by atoms with Crippen LogP contribution in [-0.4, -0.2) is 107 Å². The number of carbonyl (C=O) groups is 3. The molecule has 3 N–H and O–H groups in total. The average molecular weight is 618 g/mol. The minimum absolute atomic E-state index is 0.264. The summed E-state index contributed by atoms with van der Waals surface area (Å²) in [6.07, 6.45) is 2.86. The average Bonchev–Trinajstić information content (AvgIpc) is 2.98. The van der Waals surface area contributed by atoms with Crippen LogP contribution < -0.4 is 16.0 Å². The Morgan fingerprint density at radius 1 is 0.953 bits per heavy atom. The number of anilines is 1. The van der Waals surface area contributed by atoms with E-state index in [-0.39, 0.29) is 17.5 Å². The van der Waals surface area contributed by atoms with Crippen molar-refractivity contribution >= 4 is 33.5 Å². The third kappa shape index (κ3) is 8.15. The first-order valence-corrected chi connectivity index (χ1v) is 16.5. The molecule has 236 valence electrons. The summed E-state index contributed by atoms with van der Waals surface area (Å²) < 4.78 is 33.5. The van der Waals surface area contributed by atoms with Crippen LogP contribution in [0.25, 0.3) is 0 Å². The van der Waals surface area contributed by atoms with Gasteiger partial charge in [-0.25, -0.2) is 22.8 Å². The van der Waals surface area contributed by atoms with Gasteiger partial charge >= 0.3 is 18.0 Å². The van der Waals surface area contributed by atoms with Gasteiger partial charge in [0.15, 0.2) is 9.84 Å². The number of nitrogens with one attached hydrogen (secondary N) is 3. The van der Waals surface area contributed by atoms with Crippen molar-refractivity contribution in [1.82, 2.24) is 20.4 Å². The zero-order chi connectivity index (χ0) is 31.1. The van der Waals surface area contributed by atoms with Crippen LogP contribution in [0.5, 0.6) is 0 Å². The smallest absolute Gasteiger partial charge is 0.336 e. The number of methoxy groups -OCH3 is 2. The minimum atomic E-state index is -2.86. The third-order valence-electron chi connectivity index (χ3n) is 8.44. The van der Waals surface area contributed by atoms with Gasteiger partial charge in [0.05, 0.1) is 42.8 Å². The molecule has 1 aromatic carbocycles. The maximum atomic E-state index is 12.8. The Morgan fingerprint density at radius 3 is 2.14 bits per heavy atom. The van der Waals surface area contributed by atoms with Crippen LogP contribution >= 0.6 is 0 Å². The van der Waals surface area contributed by atoms with Gasteiger partial charge in [0.25, 0.3) is 0 Å². The number of likely N-dealkylation sites (tertiary alicyclic amines) is 1. The van der Waals surface area contributed by atoms with Crippen LogP contribution in [0.2, 0.25) is 0 Å². The number of carbonyl (C=O) groups excluding carboxylic acids is 3. The standard InChI is InChI=1S/C30H43N5O7S/c1-20-25(28(36)41-3)27(26(21(2)32-20)29(37)42-4)22-7-5-8-23(19-22)33-30(38)31-11-6-12-34-13-9-24(10-14-34)35-15-17-43(39,40)18-16-35/h5,7-8,19,24,27,32H,6,9-18H2,1-4H3,(H2,31,33,38). The summed E-state index contributed by atoms with van der Waals surface area (Å²) in [6.45, 7) is 8.08. The summed E-state index contributed by atoms with van der Waals surface area (Å²) >= 11 is 0. The van der Waals surface area contributed by atoms with Crippen LogP contribution in [0.4, 0.5) is 10.5 Å². The van der Waals surface area contributed by atoms with Gasteiger partial charge < -0.3 is 30.3 Å². The predicted octanol–water partition coefficient (Wildman–Crippen LogP) is 1.97. The van der Waals surface area contributed by atoms with Crippen molar-refractivity contribution in [3.05, 3.63) is 52.4 Å². The second kappa shape index (κ2) is 14.4. The highest BCUT2D eigenvalue weighted by Crippen LogP contribution is 2.39. The predicted molar refractivity (Wildman–Crippen MR) is 163 cm³/mol. The summed E-state index contributed by atoms with van der Waals surface area (Å²) in [5, 5.41) is 8.84. The van der Waals surface area contributed by atoms with E-state index in [1.807, 2.05) is 0 Å². The largest absolute Gasteiger partial charge is 0.466 e. The highest BCUT2D eigenvalue weighted by molar-refractivity contribution is 7.91. The number of rotatable bonds is 9. The molecule has 0 radical (unpaired) electrons. The Kier molecular flexibility index (Phi) is 10.9. The molecule has 3 heterocycles. The number of nitrogens with zero attached hydrogens (tertiary/aromatic N) is 2. The van der Waals surface area contributed by atoms with E-state index >= 15 is 0 Å². The molecule has 3 aliphatic rings. The maximum Gasteiger partial charge on any atom is 0.336 e. The summed E-state index contributed by atoms with van der Waals surface area (Å²) in [4.78, 5) is 42.9. The summed E-state index contributed by atoms with van der Waals surface area (Å²) in [5.74, 6) is -1.34. The molecule has 4 rings (SSSR count). The topological polar surface area (TPSA) is 146 Å². The van der Waals surface area contributed by atoms with Crippen molar-refractivity contribution in [3.63, 3.8) is 0 Å². The molecule has 13 heteroatoms. The fourth-order valence-electron chi connectivity index (χ4n) is 6.16. The molecule has 12 nitrogen and oxygen atoms in total. The summed E-state index contributed by atoms with van der Waals surface area (Å²) in [7, 11) is -0.282. The number of piperidine rings is 1. The van der Waals surface area contributed by atoms with Crippen LogP contribution in [0.1, 0.15) is 44.6 Å². The van der Waals surface area contributed by atoms with E-state index < -0.39 is 27.7 Å². The molecular weight excluding hydrogens is 574 g/mol. The Morgan fingerprint density at radius 2 is 1.56 bits per heavy atom. The van der Waals surface area contributed by atoms with Gasteiger partial charge in [-0.15, -0.1) is 0 Å². The SMILES string of the molecule is COC(=O)C1=C(C)NC(C)=C(C(=O)OC)C1c1cccc(NC(=O)NCCCN2CCC(N3CCS(=O)(=O)CC3)CC2)c1. The number of amides is 2. The van der Waals surface area contributed by atoms with Crippen LogP contribution in [0, 0.1) is 0 Å². The molecule has 43 heavy (non-hydrogen) atoms. The second-order valence-corrected chi connectivity index (χ2v) is 13.5. The van der Waals surface area contributed by atoms with Crippen molar-refractivity contribution < 1.29 is 32.3 Å². The summed E-state index contributed by atoms with van der Waals surface area (Å²) in [6, 6.07) is 7.14. The fourth-order valence-corrected chi connectivity index (χ4v) is 7.39.